The van der Waals surface area contributed by atoms with Crippen molar-refractivity contribution in [2.24, 2.45) is 5.92 Å². The van der Waals surface area contributed by atoms with E-state index in [9.17, 15) is 19.5 Å². The van der Waals surface area contributed by atoms with Gasteiger partial charge >= 0.3 is 12.1 Å². The quantitative estimate of drug-likeness (QED) is 0.199. The Bertz CT molecular complexity index is 1270. The summed E-state index contributed by atoms with van der Waals surface area (Å²) in [6, 6.07) is 12.5. The third-order valence-electron chi connectivity index (χ3n) is 8.24. The Morgan fingerprint density at radius 1 is 1.07 bits per heavy atom. The molecule has 0 heterocycles. The molecule has 0 bridgehead atoms. The van der Waals surface area contributed by atoms with Gasteiger partial charge in [0, 0.05) is 23.9 Å². The summed E-state index contributed by atoms with van der Waals surface area (Å²) in [5.41, 5.74) is 3.28. The number of aryl methyl sites for hydroxylation is 1. The van der Waals surface area contributed by atoms with E-state index < -0.39 is 23.5 Å². The van der Waals surface area contributed by atoms with Crippen LogP contribution in [-0.4, -0.2) is 69.2 Å². The van der Waals surface area contributed by atoms with E-state index in [1.54, 1.807) is 17.8 Å². The molecule has 2 amide bonds. The maximum atomic E-state index is 13.8. The standard InChI is InChI=1S/C36H52N2O5S2/c1-7-45-24-28(21-26-14-9-8-10-15-26)38(35(42)43-36(3,4)5)23-27-17-18-30(31(22-27)29-16-12-11-13-25(29)2)33(39)37-32(34(40)41)19-20-44-6/h11-13,16-18,22,26,28,32H,7-10,14-15,19-21,23-24H2,1-6H3,(H,37,39)(H,40,41)/t28-,32-/m0/s1. The lowest BCUT2D eigenvalue weighted by Gasteiger charge is -2.36. The van der Waals surface area contributed by atoms with Crippen LogP contribution in [0.3, 0.4) is 0 Å². The molecule has 2 aromatic rings. The Balaban J connectivity index is 2.03. The molecule has 2 N–H and O–H groups in total. The number of carboxylic acid groups (broad SMARTS) is 1. The molecular weight excluding hydrogens is 605 g/mol. The molecule has 0 aliphatic heterocycles. The molecule has 45 heavy (non-hydrogen) atoms. The summed E-state index contributed by atoms with van der Waals surface area (Å²) in [5, 5.41) is 12.5. The summed E-state index contributed by atoms with van der Waals surface area (Å²) in [7, 11) is 0. The number of carbonyl (C=O) groups is 3. The Morgan fingerprint density at radius 3 is 2.40 bits per heavy atom. The van der Waals surface area contributed by atoms with Gasteiger partial charge in [0.1, 0.15) is 11.6 Å². The fraction of sp³-hybridized carbons (Fsp3) is 0.583. The highest BCUT2D eigenvalue weighted by atomic mass is 32.2. The van der Waals surface area contributed by atoms with Gasteiger partial charge < -0.3 is 20.1 Å². The number of ether oxygens (including phenoxy) is 1. The second kappa shape index (κ2) is 17.9. The molecule has 0 saturated heterocycles. The van der Waals surface area contributed by atoms with Crippen molar-refractivity contribution in [3.05, 3.63) is 59.2 Å². The van der Waals surface area contributed by atoms with Crippen molar-refractivity contribution in [2.45, 2.75) is 104 Å². The fourth-order valence-corrected chi connectivity index (χ4v) is 7.22. The first kappa shape index (κ1) is 36.8. The highest BCUT2D eigenvalue weighted by Gasteiger charge is 2.31. The van der Waals surface area contributed by atoms with E-state index in [1.165, 1.54) is 32.1 Å². The van der Waals surface area contributed by atoms with Crippen LogP contribution in [0.2, 0.25) is 0 Å². The van der Waals surface area contributed by atoms with Crippen LogP contribution in [0.5, 0.6) is 0 Å². The van der Waals surface area contributed by atoms with Crippen LogP contribution >= 0.6 is 23.5 Å². The predicted molar refractivity (Wildman–Crippen MR) is 188 cm³/mol. The molecule has 3 rings (SSSR count). The lowest BCUT2D eigenvalue weighted by atomic mass is 9.84. The van der Waals surface area contributed by atoms with Gasteiger partial charge in [-0.1, -0.05) is 69.4 Å². The molecule has 1 aliphatic carbocycles. The highest BCUT2D eigenvalue weighted by Crippen LogP contribution is 2.33. The number of benzene rings is 2. The van der Waals surface area contributed by atoms with Crippen molar-refractivity contribution in [3.8, 4) is 11.1 Å². The summed E-state index contributed by atoms with van der Waals surface area (Å²) in [4.78, 5) is 41.3. The van der Waals surface area contributed by atoms with Gasteiger partial charge in [-0.2, -0.15) is 23.5 Å². The van der Waals surface area contributed by atoms with Crippen molar-refractivity contribution in [3.63, 3.8) is 0 Å². The number of nitrogens with zero attached hydrogens (tertiary/aromatic N) is 1. The Kier molecular flexibility index (Phi) is 14.6. The molecule has 2 aromatic carbocycles. The van der Waals surface area contributed by atoms with Crippen molar-refractivity contribution in [1.82, 2.24) is 10.2 Å². The number of nitrogens with one attached hydrogen (secondary N) is 1. The van der Waals surface area contributed by atoms with Crippen molar-refractivity contribution in [1.29, 1.82) is 0 Å². The Morgan fingerprint density at radius 2 is 1.78 bits per heavy atom. The van der Waals surface area contributed by atoms with E-state index >= 15 is 0 Å². The monoisotopic (exact) mass is 656 g/mol. The van der Waals surface area contributed by atoms with E-state index in [4.69, 9.17) is 4.74 Å². The molecule has 1 fully saturated rings. The van der Waals surface area contributed by atoms with E-state index in [2.05, 4.69) is 12.2 Å². The smallest absolute Gasteiger partial charge is 0.410 e. The van der Waals surface area contributed by atoms with Gasteiger partial charge in [-0.15, -0.1) is 0 Å². The van der Waals surface area contributed by atoms with E-state index in [0.29, 0.717) is 35.8 Å². The zero-order valence-electron chi connectivity index (χ0n) is 27.9. The number of thioether (sulfide) groups is 2. The van der Waals surface area contributed by atoms with Crippen LogP contribution in [0, 0.1) is 12.8 Å². The lowest BCUT2D eigenvalue weighted by molar-refractivity contribution is -0.139. The number of hydrogen-bond acceptors (Lipinski definition) is 6. The maximum absolute atomic E-state index is 13.8. The molecule has 0 spiro atoms. The van der Waals surface area contributed by atoms with Gasteiger partial charge in [-0.3, -0.25) is 4.79 Å². The summed E-state index contributed by atoms with van der Waals surface area (Å²) in [6.07, 6.45) is 9.05. The number of carboxylic acids is 1. The largest absolute Gasteiger partial charge is 0.480 e. The average Bonchev–Trinajstić information content (AvgIpc) is 2.99. The summed E-state index contributed by atoms with van der Waals surface area (Å²) < 4.78 is 5.97. The van der Waals surface area contributed by atoms with Gasteiger partial charge in [-0.25, -0.2) is 9.59 Å². The molecule has 1 saturated carbocycles. The summed E-state index contributed by atoms with van der Waals surface area (Å²) in [5.74, 6) is 1.55. The minimum atomic E-state index is -1.05. The van der Waals surface area contributed by atoms with Gasteiger partial charge in [0.2, 0.25) is 0 Å². The van der Waals surface area contributed by atoms with E-state index in [1.807, 2.05) is 87.0 Å². The third-order valence-corrected chi connectivity index (χ3v) is 9.92. The van der Waals surface area contributed by atoms with Gasteiger partial charge in [0.15, 0.2) is 0 Å². The number of hydrogen-bond donors (Lipinski definition) is 2. The van der Waals surface area contributed by atoms with Crippen molar-refractivity contribution >= 4 is 41.5 Å². The molecule has 7 nitrogen and oxygen atoms in total. The first-order valence-electron chi connectivity index (χ1n) is 16.2. The Hall–Kier alpha value is -2.65. The molecule has 0 aromatic heterocycles. The first-order chi connectivity index (χ1) is 21.4. The fourth-order valence-electron chi connectivity index (χ4n) is 5.92. The molecule has 9 heteroatoms. The maximum Gasteiger partial charge on any atom is 0.410 e. The van der Waals surface area contributed by atoms with Crippen LogP contribution in [0.25, 0.3) is 11.1 Å². The van der Waals surface area contributed by atoms with Crippen molar-refractivity contribution in [2.75, 3.05) is 23.5 Å². The topological polar surface area (TPSA) is 95.9 Å². The number of amides is 2. The first-order valence-corrected chi connectivity index (χ1v) is 18.8. The molecular formula is C36H52N2O5S2. The molecule has 248 valence electrons. The van der Waals surface area contributed by atoms with Crippen LogP contribution in [-0.2, 0) is 16.1 Å². The molecule has 0 radical (unpaired) electrons. The third kappa shape index (κ3) is 11.6. The number of rotatable bonds is 15. The van der Waals surface area contributed by atoms with Gasteiger partial charge in [0.05, 0.1) is 0 Å². The minimum Gasteiger partial charge on any atom is -0.480 e. The lowest BCUT2D eigenvalue weighted by Crippen LogP contribution is -2.45. The van der Waals surface area contributed by atoms with Crippen LogP contribution in [0.4, 0.5) is 4.79 Å². The zero-order valence-corrected chi connectivity index (χ0v) is 29.5. The number of aliphatic carboxylic acids is 1. The predicted octanol–water partition coefficient (Wildman–Crippen LogP) is 8.43. The van der Waals surface area contributed by atoms with Crippen LogP contribution < -0.4 is 5.32 Å². The number of carbonyl (C=O) groups excluding carboxylic acids is 2. The van der Waals surface area contributed by atoms with E-state index in [0.717, 1.165) is 34.6 Å². The molecule has 0 unspecified atom stereocenters. The van der Waals surface area contributed by atoms with Crippen LogP contribution in [0.15, 0.2) is 42.5 Å². The van der Waals surface area contributed by atoms with Crippen LogP contribution in [0.1, 0.15) is 94.1 Å². The van der Waals surface area contributed by atoms with Gasteiger partial charge in [0.25, 0.3) is 5.91 Å². The molecule has 2 atom stereocenters. The summed E-state index contributed by atoms with van der Waals surface area (Å²) >= 11 is 3.39. The zero-order chi connectivity index (χ0) is 33.0. The van der Waals surface area contributed by atoms with Crippen molar-refractivity contribution < 1.29 is 24.2 Å². The highest BCUT2D eigenvalue weighted by molar-refractivity contribution is 7.99. The normalized spacial score (nSPS) is 15.2. The average molecular weight is 657 g/mol. The second-order valence-corrected chi connectivity index (χ2v) is 15.3. The van der Waals surface area contributed by atoms with E-state index in [-0.39, 0.29) is 12.1 Å². The SMILES string of the molecule is CCSC[C@H](CC1CCCCC1)N(Cc1ccc(C(=O)N[C@@H](CCSC)C(=O)O)c(-c2ccccc2C)c1)C(=O)OC(C)(C)C. The summed E-state index contributed by atoms with van der Waals surface area (Å²) in [6.45, 7) is 10.2. The minimum absolute atomic E-state index is 0.0190. The molecule has 1 aliphatic rings. The Labute approximate surface area is 278 Å². The second-order valence-electron chi connectivity index (χ2n) is 13.0. The van der Waals surface area contributed by atoms with Gasteiger partial charge in [-0.05, 0) is 98.6 Å².